The zero-order valence-electron chi connectivity index (χ0n) is 23.3. The van der Waals surface area contributed by atoms with Crippen molar-refractivity contribution in [3.8, 4) is 11.4 Å². The van der Waals surface area contributed by atoms with Gasteiger partial charge in [0.15, 0.2) is 0 Å². The van der Waals surface area contributed by atoms with E-state index >= 15 is 0 Å². The molecule has 1 aromatic carbocycles. The molecule has 41 heavy (non-hydrogen) atoms. The van der Waals surface area contributed by atoms with Crippen molar-refractivity contribution in [2.45, 2.75) is 39.0 Å². The van der Waals surface area contributed by atoms with E-state index in [4.69, 9.17) is 19.5 Å². The van der Waals surface area contributed by atoms with Crippen molar-refractivity contribution in [3.05, 3.63) is 77.6 Å². The van der Waals surface area contributed by atoms with E-state index < -0.39 is 9.92 Å². The van der Waals surface area contributed by atoms with E-state index in [1.165, 1.54) is 6.26 Å². The van der Waals surface area contributed by atoms with Gasteiger partial charge in [0.05, 0.1) is 47.0 Å². The molecule has 0 aliphatic carbocycles. The first kappa shape index (κ1) is 27.1. The number of nitrogens with zero attached hydrogens (tertiary/aromatic N) is 5. The topological polar surface area (TPSA) is 124 Å². The fraction of sp³-hybridized carbons (Fsp3) is 0.333. The number of carbonyl (C=O) groups is 1. The second-order valence-electron chi connectivity index (χ2n) is 10.8. The quantitative estimate of drug-likeness (QED) is 0.356. The van der Waals surface area contributed by atoms with Gasteiger partial charge >= 0.3 is 0 Å². The number of anilines is 2. The van der Waals surface area contributed by atoms with Crippen LogP contribution in [0.2, 0.25) is 0 Å². The number of ether oxygens (including phenoxy) is 1. The smallest absolute Gasteiger partial charge is 0.251 e. The summed E-state index contributed by atoms with van der Waals surface area (Å²) in [5.74, 6) is 0.645. The molecule has 0 spiro atoms. The van der Waals surface area contributed by atoms with Gasteiger partial charge < -0.3 is 15.0 Å². The summed E-state index contributed by atoms with van der Waals surface area (Å²) in [5, 5.41) is 3.82. The van der Waals surface area contributed by atoms with Gasteiger partial charge in [-0.15, -0.1) is 0 Å². The van der Waals surface area contributed by atoms with E-state index in [-0.39, 0.29) is 24.7 Å². The average molecular weight is 572 g/mol. The number of pyridine rings is 3. The predicted molar refractivity (Wildman–Crippen MR) is 160 cm³/mol. The molecule has 212 valence electrons. The van der Waals surface area contributed by atoms with Crippen LogP contribution < -0.4 is 14.5 Å². The molecule has 1 unspecified atom stereocenters. The third kappa shape index (κ3) is 5.73. The van der Waals surface area contributed by atoms with Crippen LogP contribution in [0.5, 0.6) is 0 Å². The number of nitrogens with one attached hydrogen (secondary N) is 2. The fourth-order valence-electron chi connectivity index (χ4n) is 5.53. The Bertz CT molecular complexity index is 1730. The van der Waals surface area contributed by atoms with Crippen LogP contribution in [0.1, 0.15) is 35.5 Å². The molecule has 2 aliphatic heterocycles. The summed E-state index contributed by atoms with van der Waals surface area (Å²) in [7, 11) is -2.90. The molecule has 1 amide bonds. The van der Waals surface area contributed by atoms with Gasteiger partial charge in [-0.1, -0.05) is 12.1 Å². The van der Waals surface area contributed by atoms with Crippen LogP contribution in [0.3, 0.4) is 0 Å². The maximum atomic E-state index is 13.0. The molecule has 2 aliphatic rings. The number of carbonyl (C=O) groups excluding carboxylic acids is 1. The fourth-order valence-corrected chi connectivity index (χ4v) is 6.52. The SMILES string of the molecule is C[C@@H]1CN(c2cccc(-c3ccc4cnc(CNC(=O)c5ccc6c(c5)N(S(C)(=N)=O)CC6)cc4n3)n2)C[C@H](C)O1. The summed E-state index contributed by atoms with van der Waals surface area (Å²) in [6.45, 7) is 6.48. The zero-order chi connectivity index (χ0) is 28.7. The lowest BCUT2D eigenvalue weighted by atomic mass is 10.1. The molecule has 0 saturated carbocycles. The summed E-state index contributed by atoms with van der Waals surface area (Å²) >= 11 is 0. The summed E-state index contributed by atoms with van der Waals surface area (Å²) < 4.78 is 27.8. The third-order valence-corrected chi connectivity index (χ3v) is 8.64. The Morgan fingerprint density at radius 3 is 2.63 bits per heavy atom. The van der Waals surface area contributed by atoms with Gasteiger partial charge in [0.2, 0.25) is 0 Å². The molecule has 10 nitrogen and oxygen atoms in total. The van der Waals surface area contributed by atoms with Gasteiger partial charge in [0.25, 0.3) is 5.91 Å². The van der Waals surface area contributed by atoms with E-state index in [2.05, 4.69) is 29.0 Å². The zero-order valence-corrected chi connectivity index (χ0v) is 24.1. The molecule has 2 N–H and O–H groups in total. The molecule has 0 radical (unpaired) electrons. The van der Waals surface area contributed by atoms with Crippen molar-refractivity contribution in [3.63, 3.8) is 0 Å². The minimum atomic E-state index is -2.90. The Kier molecular flexibility index (Phi) is 7.08. The molecule has 1 fully saturated rings. The summed E-state index contributed by atoms with van der Waals surface area (Å²) in [6, 6.07) is 17.1. The van der Waals surface area contributed by atoms with Crippen molar-refractivity contribution >= 4 is 38.2 Å². The maximum Gasteiger partial charge on any atom is 0.251 e. The van der Waals surface area contributed by atoms with Gasteiger partial charge in [0, 0.05) is 43.0 Å². The Labute approximate surface area is 239 Å². The van der Waals surface area contributed by atoms with Crippen LogP contribution in [-0.2, 0) is 27.6 Å². The Hall–Kier alpha value is -4.09. The number of benzene rings is 1. The second-order valence-corrected chi connectivity index (χ2v) is 12.8. The lowest BCUT2D eigenvalue weighted by Crippen LogP contribution is -2.45. The first-order chi connectivity index (χ1) is 19.6. The van der Waals surface area contributed by atoms with Gasteiger partial charge in [-0.25, -0.2) is 19.0 Å². The molecule has 11 heteroatoms. The minimum Gasteiger partial charge on any atom is -0.372 e. The molecule has 6 rings (SSSR count). The van der Waals surface area contributed by atoms with E-state index in [1.807, 2.05) is 42.5 Å². The average Bonchev–Trinajstić information content (AvgIpc) is 3.39. The Balaban J connectivity index is 1.19. The molecule has 3 atom stereocenters. The maximum absolute atomic E-state index is 13.0. The van der Waals surface area contributed by atoms with E-state index in [0.717, 1.165) is 46.8 Å². The first-order valence-electron chi connectivity index (χ1n) is 13.7. The van der Waals surface area contributed by atoms with Gasteiger partial charge in [-0.3, -0.25) is 14.1 Å². The van der Waals surface area contributed by atoms with Crippen molar-refractivity contribution in [1.82, 2.24) is 20.3 Å². The van der Waals surface area contributed by atoms with Crippen LogP contribution in [-0.4, -0.2) is 63.2 Å². The van der Waals surface area contributed by atoms with Crippen molar-refractivity contribution < 1.29 is 13.7 Å². The second kappa shape index (κ2) is 10.7. The van der Waals surface area contributed by atoms with E-state index in [0.29, 0.717) is 29.9 Å². The highest BCUT2D eigenvalue weighted by molar-refractivity contribution is 7.93. The number of hydrogen-bond acceptors (Lipinski definition) is 8. The molecule has 3 aromatic heterocycles. The molecule has 1 saturated heterocycles. The lowest BCUT2D eigenvalue weighted by molar-refractivity contribution is -0.00545. The number of fused-ring (bicyclic) bond motifs is 2. The minimum absolute atomic E-state index is 0.143. The molecule has 5 heterocycles. The van der Waals surface area contributed by atoms with Crippen molar-refractivity contribution in [1.29, 1.82) is 4.78 Å². The van der Waals surface area contributed by atoms with Crippen molar-refractivity contribution in [2.24, 2.45) is 0 Å². The van der Waals surface area contributed by atoms with Crippen LogP contribution in [0, 0.1) is 4.78 Å². The van der Waals surface area contributed by atoms with Crippen LogP contribution in [0.4, 0.5) is 11.5 Å². The number of amides is 1. The van der Waals surface area contributed by atoms with E-state index in [9.17, 15) is 9.00 Å². The summed E-state index contributed by atoms with van der Waals surface area (Å²) in [5.41, 5.74) is 5.14. The van der Waals surface area contributed by atoms with E-state index in [1.54, 1.807) is 22.6 Å². The largest absolute Gasteiger partial charge is 0.372 e. The number of rotatable bonds is 6. The molecular weight excluding hydrogens is 538 g/mol. The Morgan fingerprint density at radius 1 is 1.07 bits per heavy atom. The monoisotopic (exact) mass is 571 g/mol. The molecule has 4 aromatic rings. The highest BCUT2D eigenvalue weighted by atomic mass is 32.2. The number of aromatic nitrogens is 3. The standard InChI is InChI=1S/C30H33N7O3S/c1-19-17-36(18-20(2)40-19)29-6-4-5-25(35-29)26-10-9-23-15-32-24(14-27(23)34-26)16-33-30(38)22-8-7-21-11-12-37(28(21)13-22)41(3,31)39/h4-10,13-15,19-20,31H,11-12,16-18H2,1-3H3,(H,33,38)/t19-,20+,41?. The molecule has 0 bridgehead atoms. The van der Waals surface area contributed by atoms with Crippen LogP contribution in [0.25, 0.3) is 22.3 Å². The van der Waals surface area contributed by atoms with Crippen molar-refractivity contribution in [2.75, 3.05) is 35.1 Å². The number of hydrogen-bond donors (Lipinski definition) is 2. The predicted octanol–water partition coefficient (Wildman–Crippen LogP) is 4.19. The number of morpholine rings is 1. The normalized spacial score (nSPS) is 20.1. The highest BCUT2D eigenvalue weighted by Crippen LogP contribution is 2.31. The van der Waals surface area contributed by atoms with Crippen LogP contribution >= 0.6 is 0 Å². The lowest BCUT2D eigenvalue weighted by Gasteiger charge is -2.36. The van der Waals surface area contributed by atoms with Gasteiger partial charge in [0.1, 0.15) is 15.7 Å². The Morgan fingerprint density at radius 2 is 1.85 bits per heavy atom. The summed E-state index contributed by atoms with van der Waals surface area (Å²) in [6.07, 6.45) is 4.15. The van der Waals surface area contributed by atoms with Gasteiger partial charge in [-0.2, -0.15) is 0 Å². The highest BCUT2D eigenvalue weighted by Gasteiger charge is 2.26. The first-order valence-corrected chi connectivity index (χ1v) is 15.6. The van der Waals surface area contributed by atoms with Crippen LogP contribution in [0.15, 0.2) is 60.8 Å². The molecular formula is C30H33N7O3S. The summed E-state index contributed by atoms with van der Waals surface area (Å²) in [4.78, 5) is 29.5. The van der Waals surface area contributed by atoms with Gasteiger partial charge in [-0.05, 0) is 68.3 Å². The third-order valence-electron chi connectivity index (χ3n) is 7.42.